The minimum atomic E-state index is 0.000463. The van der Waals surface area contributed by atoms with Crippen molar-refractivity contribution in [2.24, 2.45) is 0 Å². The summed E-state index contributed by atoms with van der Waals surface area (Å²) in [6, 6.07) is 0.000463. The summed E-state index contributed by atoms with van der Waals surface area (Å²) in [6.07, 6.45) is 0. The highest BCUT2D eigenvalue weighted by Crippen LogP contribution is 2.41. The highest BCUT2D eigenvalue weighted by molar-refractivity contribution is 5.67. The van der Waals surface area contributed by atoms with Crippen LogP contribution in [-0.2, 0) is 4.84 Å². The van der Waals surface area contributed by atoms with Crippen LogP contribution >= 0.6 is 0 Å². The zero-order valence-electron chi connectivity index (χ0n) is 8.18. The van der Waals surface area contributed by atoms with Gasteiger partial charge in [0.15, 0.2) is 0 Å². The van der Waals surface area contributed by atoms with Crippen molar-refractivity contribution in [2.45, 2.75) is 6.04 Å². The van der Waals surface area contributed by atoms with Crippen molar-refractivity contribution in [3.05, 3.63) is 60.8 Å². The monoisotopic (exact) mass is 187 g/mol. The Kier molecular flexibility index (Phi) is 1.84. The molecule has 2 nitrogen and oxygen atoms in total. The number of hydrogen-bond donors (Lipinski definition) is 0. The molecule has 2 rings (SSSR count). The Balaban J connectivity index is 2.38. The van der Waals surface area contributed by atoms with Crippen LogP contribution < -0.4 is 0 Å². The maximum absolute atomic E-state index is 5.12. The molecule has 1 saturated heterocycles. The second kappa shape index (κ2) is 2.80. The predicted octanol–water partition coefficient (Wildman–Crippen LogP) is 2.35. The van der Waals surface area contributed by atoms with Gasteiger partial charge in [-0.1, -0.05) is 32.9 Å². The number of allylic oxidation sites excluding steroid dienone is 1. The lowest BCUT2D eigenvalue weighted by molar-refractivity contribution is 0.181. The average Bonchev–Trinajstić information content (AvgIpc) is 2.96. The van der Waals surface area contributed by atoms with Gasteiger partial charge in [-0.15, -0.1) is 5.06 Å². The Hall–Kier alpha value is -1.38. The van der Waals surface area contributed by atoms with E-state index in [-0.39, 0.29) is 6.04 Å². The van der Waals surface area contributed by atoms with Crippen LogP contribution in [0.3, 0.4) is 0 Å². The zero-order chi connectivity index (χ0) is 10.5. The zero-order valence-corrected chi connectivity index (χ0v) is 8.18. The fourth-order valence-electron chi connectivity index (χ4n) is 1.64. The first-order valence-electron chi connectivity index (χ1n) is 4.39. The Bertz CT molecular complexity index is 355. The molecule has 0 bridgehead atoms. The van der Waals surface area contributed by atoms with E-state index in [1.54, 1.807) is 0 Å². The van der Waals surface area contributed by atoms with Gasteiger partial charge in [-0.05, 0) is 27.9 Å². The summed E-state index contributed by atoms with van der Waals surface area (Å²) in [5.74, 6) is 0. The molecule has 1 atom stereocenters. The Labute approximate surface area is 84.1 Å². The Morgan fingerprint density at radius 2 is 1.36 bits per heavy atom. The molecule has 0 amide bonds. The quantitative estimate of drug-likeness (QED) is 0.585. The highest BCUT2D eigenvalue weighted by atomic mass is 16.8. The lowest BCUT2D eigenvalue weighted by Crippen LogP contribution is -2.29. The summed E-state index contributed by atoms with van der Waals surface area (Å²) in [4.78, 5) is 5.12. The van der Waals surface area contributed by atoms with E-state index in [2.05, 4.69) is 32.9 Å². The number of nitrogens with zero attached hydrogens (tertiary/aromatic N) is 1. The van der Waals surface area contributed by atoms with Gasteiger partial charge in [-0.25, -0.2) is 0 Å². The third-order valence-corrected chi connectivity index (χ3v) is 2.73. The van der Waals surface area contributed by atoms with Gasteiger partial charge in [0.1, 0.15) is 6.73 Å². The lowest BCUT2D eigenvalue weighted by Gasteiger charge is -2.31. The van der Waals surface area contributed by atoms with Gasteiger partial charge in [0.05, 0.1) is 6.04 Å². The molecule has 0 radical (unpaired) electrons. The molecule has 14 heavy (non-hydrogen) atoms. The molecule has 2 fully saturated rings. The SMILES string of the molecule is C=C1C(=C)C(=C)C(N2CO2)C(=C)C1=C. The minimum Gasteiger partial charge on any atom is -0.278 e. The van der Waals surface area contributed by atoms with Crippen LogP contribution in [0, 0.1) is 0 Å². The average molecular weight is 187 g/mol. The second-order valence-corrected chi connectivity index (χ2v) is 3.56. The molecule has 0 aromatic rings. The van der Waals surface area contributed by atoms with Crippen LogP contribution in [0.1, 0.15) is 0 Å². The molecule has 72 valence electrons. The van der Waals surface area contributed by atoms with Crippen molar-refractivity contribution in [1.82, 2.24) is 5.06 Å². The van der Waals surface area contributed by atoms with Gasteiger partial charge in [0, 0.05) is 0 Å². The van der Waals surface area contributed by atoms with E-state index in [0.29, 0.717) is 6.73 Å². The summed E-state index contributed by atoms with van der Waals surface area (Å²) < 4.78 is 0. The minimum absolute atomic E-state index is 0.000463. The Morgan fingerprint density at radius 3 is 1.71 bits per heavy atom. The van der Waals surface area contributed by atoms with Crippen LogP contribution in [0.2, 0.25) is 0 Å². The summed E-state index contributed by atoms with van der Waals surface area (Å²) >= 11 is 0. The van der Waals surface area contributed by atoms with Gasteiger partial charge in [0.25, 0.3) is 0 Å². The normalized spacial score (nSPS) is 28.6. The number of rotatable bonds is 1. The first kappa shape index (κ1) is 9.19. The van der Waals surface area contributed by atoms with E-state index in [1.165, 1.54) is 0 Å². The van der Waals surface area contributed by atoms with Crippen molar-refractivity contribution in [3.63, 3.8) is 0 Å². The van der Waals surface area contributed by atoms with E-state index in [4.69, 9.17) is 4.84 Å². The lowest BCUT2D eigenvalue weighted by atomic mass is 9.78. The van der Waals surface area contributed by atoms with Gasteiger partial charge in [-0.3, -0.25) is 4.84 Å². The fourth-order valence-corrected chi connectivity index (χ4v) is 1.64. The van der Waals surface area contributed by atoms with Crippen LogP contribution in [0.5, 0.6) is 0 Å². The molecular weight excluding hydrogens is 174 g/mol. The molecule has 1 aliphatic carbocycles. The third-order valence-electron chi connectivity index (χ3n) is 2.73. The van der Waals surface area contributed by atoms with E-state index in [0.717, 1.165) is 27.9 Å². The number of hydrogen-bond acceptors (Lipinski definition) is 2. The Morgan fingerprint density at radius 1 is 0.929 bits per heavy atom. The summed E-state index contributed by atoms with van der Waals surface area (Å²) in [5.41, 5.74) is 4.35. The van der Waals surface area contributed by atoms with Crippen molar-refractivity contribution in [2.75, 3.05) is 6.73 Å². The molecular formula is C12H13NO. The van der Waals surface area contributed by atoms with Crippen LogP contribution in [0.4, 0.5) is 0 Å². The maximum Gasteiger partial charge on any atom is 0.145 e. The van der Waals surface area contributed by atoms with Crippen molar-refractivity contribution >= 4 is 0 Å². The number of hydroxylamine groups is 2. The van der Waals surface area contributed by atoms with Gasteiger partial charge in [0.2, 0.25) is 0 Å². The van der Waals surface area contributed by atoms with Crippen LogP contribution in [0.15, 0.2) is 60.8 Å². The summed E-state index contributed by atoms with van der Waals surface area (Å²) in [6.45, 7) is 20.4. The molecule has 0 aromatic heterocycles. The van der Waals surface area contributed by atoms with Gasteiger partial charge < -0.3 is 0 Å². The fraction of sp³-hybridized carbons (Fsp3) is 0.167. The standard InChI is InChI=1S/C12H13NO/c1-7-8(2)10(4)12(13-6-14-13)11(5)9(7)3/h12H,1-6H2. The molecule has 1 unspecified atom stereocenters. The first-order valence-corrected chi connectivity index (χ1v) is 4.39. The van der Waals surface area contributed by atoms with E-state index >= 15 is 0 Å². The molecule has 0 N–H and O–H groups in total. The first-order chi connectivity index (χ1) is 6.54. The summed E-state index contributed by atoms with van der Waals surface area (Å²) in [5, 5.41) is 1.81. The topological polar surface area (TPSA) is 15.5 Å². The van der Waals surface area contributed by atoms with Crippen molar-refractivity contribution in [1.29, 1.82) is 0 Å². The molecule has 2 heteroatoms. The van der Waals surface area contributed by atoms with E-state index in [1.807, 2.05) is 5.06 Å². The summed E-state index contributed by atoms with van der Waals surface area (Å²) in [7, 11) is 0. The third kappa shape index (κ3) is 1.12. The molecule has 1 saturated carbocycles. The second-order valence-electron chi connectivity index (χ2n) is 3.56. The van der Waals surface area contributed by atoms with Crippen molar-refractivity contribution < 1.29 is 4.84 Å². The van der Waals surface area contributed by atoms with Crippen molar-refractivity contribution in [3.8, 4) is 0 Å². The molecule has 0 spiro atoms. The van der Waals surface area contributed by atoms with Gasteiger partial charge in [-0.2, -0.15) is 0 Å². The maximum atomic E-state index is 5.12. The van der Waals surface area contributed by atoms with Crippen LogP contribution in [0.25, 0.3) is 0 Å². The molecule has 1 aliphatic heterocycles. The van der Waals surface area contributed by atoms with E-state index in [9.17, 15) is 0 Å². The molecule has 2 aliphatic rings. The molecule has 0 aromatic carbocycles. The van der Waals surface area contributed by atoms with Gasteiger partial charge >= 0.3 is 0 Å². The highest BCUT2D eigenvalue weighted by Gasteiger charge is 2.39. The largest absolute Gasteiger partial charge is 0.278 e. The van der Waals surface area contributed by atoms with E-state index < -0.39 is 0 Å². The van der Waals surface area contributed by atoms with Crippen LogP contribution in [-0.4, -0.2) is 17.8 Å². The smallest absolute Gasteiger partial charge is 0.145 e. The molecule has 1 heterocycles. The predicted molar refractivity (Wildman–Crippen MR) is 57.3 cm³/mol.